The van der Waals surface area contributed by atoms with Crippen LogP contribution in [0.3, 0.4) is 0 Å². The molecule has 0 fully saturated rings. The lowest BCUT2D eigenvalue weighted by atomic mass is 10.0. The highest BCUT2D eigenvalue weighted by Crippen LogP contribution is 2.37. The summed E-state index contributed by atoms with van der Waals surface area (Å²) in [6.07, 6.45) is -1.79. The molecule has 1 aromatic heterocycles. The molecule has 8 heteroatoms. The van der Waals surface area contributed by atoms with Crippen molar-refractivity contribution in [1.29, 1.82) is 0 Å². The largest absolute Gasteiger partial charge is 0.416 e. The summed E-state index contributed by atoms with van der Waals surface area (Å²) >= 11 is 12.3. The van der Waals surface area contributed by atoms with Crippen molar-refractivity contribution in [2.75, 3.05) is 11.9 Å². The molecule has 0 aliphatic carbocycles. The van der Waals surface area contributed by atoms with Crippen molar-refractivity contribution in [3.8, 4) is 16.9 Å². The number of hydrogen-bond donors (Lipinski definition) is 1. The van der Waals surface area contributed by atoms with Gasteiger partial charge in [-0.2, -0.15) is 18.3 Å². The van der Waals surface area contributed by atoms with E-state index in [4.69, 9.17) is 23.2 Å². The molecule has 0 unspecified atom stereocenters. The summed E-state index contributed by atoms with van der Waals surface area (Å²) in [4.78, 5) is 0. The summed E-state index contributed by atoms with van der Waals surface area (Å²) in [7, 11) is 0. The van der Waals surface area contributed by atoms with E-state index in [-0.39, 0.29) is 0 Å². The molecule has 0 amide bonds. The Morgan fingerprint density at radius 2 is 1.75 bits per heavy atom. The monoisotopic (exact) mass is 425 g/mol. The highest BCUT2D eigenvalue weighted by Gasteiger charge is 2.31. The summed E-state index contributed by atoms with van der Waals surface area (Å²) in [5.74, 6) is 0.767. The van der Waals surface area contributed by atoms with E-state index in [2.05, 4.69) is 10.4 Å². The lowest BCUT2D eigenvalue weighted by molar-refractivity contribution is -0.137. The number of fused-ring (bicyclic) bond motifs is 1. The normalized spacial score (nSPS) is 14.3. The van der Waals surface area contributed by atoms with Crippen LogP contribution in [0.4, 0.5) is 19.0 Å². The maximum absolute atomic E-state index is 13.2. The molecule has 3 nitrogen and oxygen atoms in total. The standard InChI is InChI=1S/C20H16Cl2F3N3/c21-14-9-15(22)11-16(10-14)28-19-17(6-1-2-7-26-19)18(27-28)12-4-3-5-13(8-12)20(23,24)25/h3-5,8-11,26H,1-2,6-7H2. The van der Waals surface area contributed by atoms with Gasteiger partial charge in [0.05, 0.1) is 16.9 Å². The Bertz CT molecular complexity index is 1010. The van der Waals surface area contributed by atoms with Gasteiger partial charge in [-0.1, -0.05) is 35.3 Å². The van der Waals surface area contributed by atoms with E-state index < -0.39 is 11.7 Å². The molecule has 0 bridgehead atoms. The Hall–Kier alpha value is -2.18. The number of alkyl halides is 3. The first kappa shape index (κ1) is 19.2. The number of halogens is 5. The number of nitrogens with one attached hydrogen (secondary N) is 1. The highest BCUT2D eigenvalue weighted by atomic mass is 35.5. The first-order chi connectivity index (χ1) is 13.3. The third kappa shape index (κ3) is 3.71. The van der Waals surface area contributed by atoms with Gasteiger partial charge < -0.3 is 5.32 Å². The Labute approximate surface area is 170 Å². The number of nitrogens with zero attached hydrogens (tertiary/aromatic N) is 2. The summed E-state index contributed by atoms with van der Waals surface area (Å²) in [5, 5.41) is 8.93. The minimum Gasteiger partial charge on any atom is -0.370 e. The molecule has 2 aromatic carbocycles. The van der Waals surface area contributed by atoms with Crippen molar-refractivity contribution < 1.29 is 13.2 Å². The SMILES string of the molecule is FC(F)(F)c1cccc(-c2nn(-c3cc(Cl)cc(Cl)c3)c3c2CCCCN3)c1. The van der Waals surface area contributed by atoms with E-state index in [1.54, 1.807) is 28.9 Å². The number of anilines is 1. The minimum atomic E-state index is -4.41. The van der Waals surface area contributed by atoms with Crippen LogP contribution >= 0.6 is 23.2 Å². The average molecular weight is 426 g/mol. The van der Waals surface area contributed by atoms with Crippen LogP contribution in [0.1, 0.15) is 24.0 Å². The van der Waals surface area contributed by atoms with Gasteiger partial charge in [0.2, 0.25) is 0 Å². The van der Waals surface area contributed by atoms with E-state index in [0.29, 0.717) is 27.0 Å². The maximum Gasteiger partial charge on any atom is 0.416 e. The molecule has 0 spiro atoms. The Balaban J connectivity index is 1.91. The zero-order valence-corrected chi connectivity index (χ0v) is 16.2. The summed E-state index contributed by atoms with van der Waals surface area (Å²) in [6, 6.07) is 10.3. The van der Waals surface area contributed by atoms with Crippen LogP contribution in [0.15, 0.2) is 42.5 Å². The maximum atomic E-state index is 13.2. The minimum absolute atomic E-state index is 0.432. The fourth-order valence-corrected chi connectivity index (χ4v) is 3.94. The van der Waals surface area contributed by atoms with E-state index in [1.807, 2.05) is 0 Å². The Kier molecular flexibility index (Phi) is 5.02. The predicted molar refractivity (Wildman–Crippen MR) is 105 cm³/mol. The molecule has 1 aliphatic heterocycles. The van der Waals surface area contributed by atoms with E-state index in [9.17, 15) is 13.2 Å². The fourth-order valence-electron chi connectivity index (χ4n) is 3.43. The molecule has 0 saturated carbocycles. The van der Waals surface area contributed by atoms with Crippen molar-refractivity contribution in [3.63, 3.8) is 0 Å². The molecule has 3 aromatic rings. The lowest BCUT2D eigenvalue weighted by Gasteiger charge is -2.10. The van der Waals surface area contributed by atoms with Crippen LogP contribution in [0.5, 0.6) is 0 Å². The first-order valence-corrected chi connectivity index (χ1v) is 9.58. The fraction of sp³-hybridized carbons (Fsp3) is 0.250. The van der Waals surface area contributed by atoms with Gasteiger partial charge in [0.15, 0.2) is 0 Å². The Morgan fingerprint density at radius 3 is 2.46 bits per heavy atom. The van der Waals surface area contributed by atoms with Crippen LogP contribution in [0.2, 0.25) is 10.0 Å². The van der Waals surface area contributed by atoms with Crippen molar-refractivity contribution in [3.05, 3.63) is 63.6 Å². The summed E-state index contributed by atoms with van der Waals surface area (Å²) in [6.45, 7) is 0.759. The topological polar surface area (TPSA) is 29.9 Å². The smallest absolute Gasteiger partial charge is 0.370 e. The lowest BCUT2D eigenvalue weighted by Crippen LogP contribution is -2.07. The third-order valence-electron chi connectivity index (χ3n) is 4.68. The Morgan fingerprint density at radius 1 is 1.00 bits per heavy atom. The van der Waals surface area contributed by atoms with Crippen molar-refractivity contribution in [1.82, 2.24) is 9.78 Å². The van der Waals surface area contributed by atoms with Crippen LogP contribution in [0, 0.1) is 0 Å². The quantitative estimate of drug-likeness (QED) is 0.500. The van der Waals surface area contributed by atoms with Crippen LogP contribution in [0.25, 0.3) is 16.9 Å². The molecule has 0 radical (unpaired) electrons. The number of rotatable bonds is 2. The zero-order chi connectivity index (χ0) is 19.9. The molecule has 2 heterocycles. The van der Waals surface area contributed by atoms with Gasteiger partial charge in [0.1, 0.15) is 5.82 Å². The molecule has 146 valence electrons. The number of aromatic nitrogens is 2. The van der Waals surface area contributed by atoms with Gasteiger partial charge in [0, 0.05) is 27.7 Å². The van der Waals surface area contributed by atoms with Crippen molar-refractivity contribution in [2.24, 2.45) is 0 Å². The van der Waals surface area contributed by atoms with Crippen molar-refractivity contribution in [2.45, 2.75) is 25.4 Å². The molecule has 1 aliphatic rings. The molecule has 1 N–H and O–H groups in total. The second-order valence-electron chi connectivity index (χ2n) is 6.68. The molecule has 0 atom stereocenters. The van der Waals surface area contributed by atoms with Crippen LogP contribution in [-0.2, 0) is 12.6 Å². The second kappa shape index (κ2) is 7.33. The zero-order valence-electron chi connectivity index (χ0n) is 14.7. The van der Waals surface area contributed by atoms with Gasteiger partial charge >= 0.3 is 6.18 Å². The number of benzene rings is 2. The number of hydrogen-bond acceptors (Lipinski definition) is 2. The molecular formula is C20H16Cl2F3N3. The van der Waals surface area contributed by atoms with Gasteiger partial charge in [-0.3, -0.25) is 0 Å². The van der Waals surface area contributed by atoms with Gasteiger partial charge in [-0.05, 0) is 49.6 Å². The van der Waals surface area contributed by atoms with Crippen molar-refractivity contribution >= 4 is 29.0 Å². The predicted octanol–water partition coefficient (Wildman–Crippen LogP) is 6.61. The molecular weight excluding hydrogens is 410 g/mol. The summed E-state index contributed by atoms with van der Waals surface area (Å²) in [5.41, 5.74) is 1.82. The van der Waals surface area contributed by atoms with Gasteiger partial charge in [0.25, 0.3) is 0 Å². The average Bonchev–Trinajstić information content (AvgIpc) is 2.82. The highest BCUT2D eigenvalue weighted by molar-refractivity contribution is 6.34. The molecule has 0 saturated heterocycles. The summed E-state index contributed by atoms with van der Waals surface area (Å²) < 4.78 is 41.2. The van der Waals surface area contributed by atoms with Gasteiger partial charge in [-0.25, -0.2) is 4.68 Å². The third-order valence-corrected chi connectivity index (χ3v) is 5.12. The van der Waals surface area contributed by atoms with E-state index in [0.717, 1.165) is 49.3 Å². The van der Waals surface area contributed by atoms with Crippen LogP contribution < -0.4 is 5.32 Å². The van der Waals surface area contributed by atoms with E-state index >= 15 is 0 Å². The first-order valence-electron chi connectivity index (χ1n) is 8.83. The van der Waals surface area contributed by atoms with Crippen LogP contribution in [-0.4, -0.2) is 16.3 Å². The second-order valence-corrected chi connectivity index (χ2v) is 7.55. The van der Waals surface area contributed by atoms with E-state index in [1.165, 1.54) is 6.07 Å². The molecule has 4 rings (SSSR count). The molecule has 28 heavy (non-hydrogen) atoms. The van der Waals surface area contributed by atoms with Gasteiger partial charge in [-0.15, -0.1) is 0 Å².